The minimum Gasteiger partial charge on any atom is -0.368 e. The van der Waals surface area contributed by atoms with Crippen molar-refractivity contribution in [2.75, 3.05) is 5.73 Å². The third kappa shape index (κ3) is 2.87. The molecule has 2 aromatic heterocycles. The van der Waals surface area contributed by atoms with Crippen molar-refractivity contribution in [1.82, 2.24) is 15.0 Å². The van der Waals surface area contributed by atoms with Gasteiger partial charge in [-0.1, -0.05) is 13.0 Å². The Kier molecular flexibility index (Phi) is 3.88. The van der Waals surface area contributed by atoms with Gasteiger partial charge in [0.05, 0.1) is 4.92 Å². The molecule has 0 saturated heterocycles. The molecule has 0 saturated carbocycles. The van der Waals surface area contributed by atoms with Crippen LogP contribution in [-0.2, 0) is 12.8 Å². The van der Waals surface area contributed by atoms with Crippen LogP contribution in [0, 0.1) is 17.0 Å². The summed E-state index contributed by atoms with van der Waals surface area (Å²) in [4.78, 5) is 22.7. The summed E-state index contributed by atoms with van der Waals surface area (Å²) in [5.74, 6) is 0.0354. The van der Waals surface area contributed by atoms with Gasteiger partial charge in [0.25, 0.3) is 0 Å². The van der Waals surface area contributed by atoms with Gasteiger partial charge >= 0.3 is 5.69 Å². The van der Waals surface area contributed by atoms with Gasteiger partial charge < -0.3 is 5.73 Å². The molecule has 0 aliphatic rings. The van der Waals surface area contributed by atoms with E-state index in [0.717, 1.165) is 12.0 Å². The molecule has 0 bridgehead atoms. The van der Waals surface area contributed by atoms with E-state index in [4.69, 9.17) is 5.73 Å². The third-order valence-electron chi connectivity index (χ3n) is 2.97. The lowest BCUT2D eigenvalue weighted by Crippen LogP contribution is -2.08. The Hall–Kier alpha value is -2.57. The summed E-state index contributed by atoms with van der Waals surface area (Å²) in [6.45, 7) is 3.59. The number of nitrogen functional groups attached to an aromatic ring is 1. The summed E-state index contributed by atoms with van der Waals surface area (Å²) in [7, 11) is 0. The van der Waals surface area contributed by atoms with E-state index >= 15 is 0 Å². The second kappa shape index (κ2) is 5.60. The number of nitrogens with zero attached hydrogens (tertiary/aromatic N) is 4. The van der Waals surface area contributed by atoms with Crippen molar-refractivity contribution in [3.63, 3.8) is 0 Å². The summed E-state index contributed by atoms with van der Waals surface area (Å²) < 4.78 is 0. The van der Waals surface area contributed by atoms with Crippen molar-refractivity contribution in [1.29, 1.82) is 0 Å². The average Bonchev–Trinajstić information content (AvgIpc) is 2.38. The first-order valence-electron chi connectivity index (χ1n) is 6.22. The van der Waals surface area contributed by atoms with E-state index in [9.17, 15) is 10.1 Å². The molecular formula is C13H15N5O2. The lowest BCUT2D eigenvalue weighted by Gasteiger charge is -2.05. The van der Waals surface area contributed by atoms with Crippen LogP contribution in [0.2, 0.25) is 0 Å². The van der Waals surface area contributed by atoms with Gasteiger partial charge in [-0.25, -0.2) is 9.97 Å². The number of pyridine rings is 1. The third-order valence-corrected chi connectivity index (χ3v) is 2.97. The molecule has 0 aliphatic heterocycles. The number of hydrogen-bond acceptors (Lipinski definition) is 6. The number of anilines is 1. The normalized spacial score (nSPS) is 10.5. The Morgan fingerprint density at radius 1 is 1.35 bits per heavy atom. The molecule has 2 heterocycles. The van der Waals surface area contributed by atoms with Gasteiger partial charge in [0.15, 0.2) is 0 Å². The highest BCUT2D eigenvalue weighted by molar-refractivity contribution is 5.44. The fourth-order valence-electron chi connectivity index (χ4n) is 1.95. The highest BCUT2D eigenvalue weighted by Gasteiger charge is 2.21. The highest BCUT2D eigenvalue weighted by Crippen LogP contribution is 2.23. The Morgan fingerprint density at radius 2 is 2.10 bits per heavy atom. The molecule has 0 aromatic carbocycles. The van der Waals surface area contributed by atoms with Gasteiger partial charge in [0.2, 0.25) is 5.95 Å². The van der Waals surface area contributed by atoms with E-state index in [1.165, 1.54) is 0 Å². The summed E-state index contributed by atoms with van der Waals surface area (Å²) in [5, 5.41) is 11.1. The van der Waals surface area contributed by atoms with Crippen LogP contribution in [0.25, 0.3) is 0 Å². The lowest BCUT2D eigenvalue weighted by molar-refractivity contribution is -0.386. The topological polar surface area (TPSA) is 108 Å². The smallest absolute Gasteiger partial charge is 0.312 e. The van der Waals surface area contributed by atoms with Crippen LogP contribution in [-0.4, -0.2) is 19.9 Å². The molecule has 0 aliphatic carbocycles. The SMILES string of the molecule is CCc1ccc(Cc2nc(N)nc(C)c2[N+](=O)[O-])nc1. The van der Waals surface area contributed by atoms with Crippen LogP contribution in [0.15, 0.2) is 18.3 Å². The second-order valence-corrected chi connectivity index (χ2v) is 4.41. The highest BCUT2D eigenvalue weighted by atomic mass is 16.6. The predicted molar refractivity (Wildman–Crippen MR) is 74.3 cm³/mol. The summed E-state index contributed by atoms with van der Waals surface area (Å²) in [6.07, 6.45) is 2.92. The van der Waals surface area contributed by atoms with E-state index in [0.29, 0.717) is 5.69 Å². The largest absolute Gasteiger partial charge is 0.368 e. The molecule has 0 spiro atoms. The average molecular weight is 273 g/mol. The summed E-state index contributed by atoms with van der Waals surface area (Å²) in [6, 6.07) is 3.79. The molecule has 0 atom stereocenters. The minimum atomic E-state index is -0.482. The van der Waals surface area contributed by atoms with Crippen molar-refractivity contribution in [2.24, 2.45) is 0 Å². The van der Waals surface area contributed by atoms with Gasteiger partial charge in [-0.2, -0.15) is 0 Å². The first-order valence-corrected chi connectivity index (χ1v) is 6.22. The van der Waals surface area contributed by atoms with Crippen LogP contribution in [0.5, 0.6) is 0 Å². The van der Waals surface area contributed by atoms with Crippen LogP contribution in [0.3, 0.4) is 0 Å². The number of aryl methyl sites for hydroxylation is 2. The Labute approximate surface area is 116 Å². The Bertz CT molecular complexity index is 640. The monoisotopic (exact) mass is 273 g/mol. The van der Waals surface area contributed by atoms with Crippen molar-refractivity contribution in [2.45, 2.75) is 26.7 Å². The van der Waals surface area contributed by atoms with E-state index in [1.54, 1.807) is 13.1 Å². The number of nitro groups is 1. The zero-order chi connectivity index (χ0) is 14.7. The predicted octanol–water partition coefficient (Wildman–Crippen LogP) is 1.82. The molecule has 0 amide bonds. The molecule has 0 unspecified atom stereocenters. The molecule has 2 N–H and O–H groups in total. The molecule has 2 aromatic rings. The van der Waals surface area contributed by atoms with Crippen molar-refractivity contribution >= 4 is 11.6 Å². The van der Waals surface area contributed by atoms with E-state index < -0.39 is 4.92 Å². The van der Waals surface area contributed by atoms with E-state index in [2.05, 4.69) is 15.0 Å². The zero-order valence-electron chi connectivity index (χ0n) is 11.3. The second-order valence-electron chi connectivity index (χ2n) is 4.41. The van der Waals surface area contributed by atoms with Crippen molar-refractivity contribution in [3.8, 4) is 0 Å². The van der Waals surface area contributed by atoms with Crippen molar-refractivity contribution < 1.29 is 4.92 Å². The standard InChI is InChI=1S/C13H15N5O2/c1-3-9-4-5-10(15-7-9)6-11-12(18(19)20)8(2)16-13(14)17-11/h4-5,7H,3,6H2,1-2H3,(H2,14,16,17). The fraction of sp³-hybridized carbons (Fsp3) is 0.308. The summed E-state index contributed by atoms with van der Waals surface area (Å²) >= 11 is 0. The minimum absolute atomic E-state index is 0.0354. The van der Waals surface area contributed by atoms with Crippen LogP contribution in [0.4, 0.5) is 11.6 Å². The first-order chi connectivity index (χ1) is 9.51. The fourth-order valence-corrected chi connectivity index (χ4v) is 1.95. The molecule has 0 fully saturated rings. The quantitative estimate of drug-likeness (QED) is 0.672. The maximum Gasteiger partial charge on any atom is 0.312 e. The maximum absolute atomic E-state index is 11.1. The summed E-state index contributed by atoms with van der Waals surface area (Å²) in [5.41, 5.74) is 7.84. The van der Waals surface area contributed by atoms with E-state index in [1.807, 2.05) is 19.1 Å². The maximum atomic E-state index is 11.1. The number of hydrogen-bond donors (Lipinski definition) is 1. The zero-order valence-corrected chi connectivity index (χ0v) is 11.3. The molecule has 20 heavy (non-hydrogen) atoms. The molecule has 7 heteroatoms. The van der Waals surface area contributed by atoms with Gasteiger partial charge in [-0.3, -0.25) is 15.1 Å². The van der Waals surface area contributed by atoms with Crippen LogP contribution >= 0.6 is 0 Å². The number of nitrogens with two attached hydrogens (primary N) is 1. The molecule has 0 radical (unpaired) electrons. The molecule has 104 valence electrons. The number of rotatable bonds is 4. The van der Waals surface area contributed by atoms with Gasteiger partial charge in [-0.05, 0) is 25.0 Å². The van der Waals surface area contributed by atoms with Crippen LogP contribution < -0.4 is 5.73 Å². The van der Waals surface area contributed by atoms with Crippen LogP contribution in [0.1, 0.15) is 29.6 Å². The first kappa shape index (κ1) is 13.9. The lowest BCUT2D eigenvalue weighted by atomic mass is 10.1. The number of aromatic nitrogens is 3. The Balaban J connectivity index is 2.39. The van der Waals surface area contributed by atoms with Gasteiger partial charge in [-0.15, -0.1) is 0 Å². The van der Waals surface area contributed by atoms with Gasteiger partial charge in [0.1, 0.15) is 11.4 Å². The van der Waals surface area contributed by atoms with Gasteiger partial charge in [0, 0.05) is 18.3 Å². The van der Waals surface area contributed by atoms with Crippen molar-refractivity contribution in [3.05, 3.63) is 51.1 Å². The van der Waals surface area contributed by atoms with E-state index in [-0.39, 0.29) is 29.4 Å². The Morgan fingerprint density at radius 3 is 2.65 bits per heavy atom. The molecular weight excluding hydrogens is 258 g/mol. The molecule has 7 nitrogen and oxygen atoms in total. The molecule has 2 rings (SSSR count).